The molecule has 11 heteroatoms. The maximum absolute atomic E-state index is 13.6. The SMILES string of the molecule is CC[C@H](C(=O)N[C@@H](C)CC)N(Cc1ccc(C)cc1)C(=O)CN(c1cccc(C(F)(F)F)c1)S(C)(=O)=O. The number of amides is 2. The lowest BCUT2D eigenvalue weighted by Gasteiger charge is -2.33. The zero-order valence-electron chi connectivity index (χ0n) is 21.7. The minimum Gasteiger partial charge on any atom is -0.352 e. The van der Waals surface area contributed by atoms with Gasteiger partial charge in [-0.1, -0.05) is 49.7 Å². The first-order valence-corrected chi connectivity index (χ1v) is 13.8. The van der Waals surface area contributed by atoms with Crippen LogP contribution in [0.2, 0.25) is 0 Å². The Morgan fingerprint density at radius 3 is 2.16 bits per heavy atom. The molecule has 37 heavy (non-hydrogen) atoms. The smallest absolute Gasteiger partial charge is 0.352 e. The zero-order valence-corrected chi connectivity index (χ0v) is 22.5. The average molecular weight is 542 g/mol. The number of hydrogen-bond acceptors (Lipinski definition) is 4. The molecule has 0 saturated heterocycles. The molecule has 0 aliphatic rings. The summed E-state index contributed by atoms with van der Waals surface area (Å²) in [6.07, 6.45) is -2.95. The van der Waals surface area contributed by atoms with E-state index in [1.807, 2.05) is 32.9 Å². The molecule has 2 atom stereocenters. The fourth-order valence-corrected chi connectivity index (χ4v) is 4.54. The lowest BCUT2D eigenvalue weighted by Crippen LogP contribution is -2.53. The summed E-state index contributed by atoms with van der Waals surface area (Å²) < 4.78 is 65.7. The highest BCUT2D eigenvalue weighted by atomic mass is 32.2. The van der Waals surface area contributed by atoms with E-state index in [-0.39, 0.29) is 30.6 Å². The van der Waals surface area contributed by atoms with Crippen LogP contribution in [0.5, 0.6) is 0 Å². The summed E-state index contributed by atoms with van der Waals surface area (Å²) in [7, 11) is -4.14. The third-order valence-electron chi connectivity index (χ3n) is 6.00. The van der Waals surface area contributed by atoms with Gasteiger partial charge in [0.2, 0.25) is 21.8 Å². The van der Waals surface area contributed by atoms with E-state index >= 15 is 0 Å². The van der Waals surface area contributed by atoms with Crippen molar-refractivity contribution in [2.45, 2.75) is 65.3 Å². The van der Waals surface area contributed by atoms with Gasteiger partial charge in [-0.05, 0) is 50.5 Å². The average Bonchev–Trinajstić information content (AvgIpc) is 2.82. The van der Waals surface area contributed by atoms with Crippen LogP contribution in [0.25, 0.3) is 0 Å². The van der Waals surface area contributed by atoms with Gasteiger partial charge in [0.25, 0.3) is 0 Å². The number of sulfonamides is 1. The van der Waals surface area contributed by atoms with Crippen LogP contribution in [0.3, 0.4) is 0 Å². The number of nitrogens with one attached hydrogen (secondary N) is 1. The third kappa shape index (κ3) is 8.48. The van der Waals surface area contributed by atoms with Crippen molar-refractivity contribution in [1.82, 2.24) is 10.2 Å². The summed E-state index contributed by atoms with van der Waals surface area (Å²) in [4.78, 5) is 28.0. The van der Waals surface area contributed by atoms with Gasteiger partial charge in [-0.2, -0.15) is 13.2 Å². The summed E-state index contributed by atoms with van der Waals surface area (Å²) in [6, 6.07) is 10.0. The molecule has 7 nitrogen and oxygen atoms in total. The Morgan fingerprint density at radius 2 is 1.65 bits per heavy atom. The van der Waals surface area contributed by atoms with E-state index in [0.717, 1.165) is 29.5 Å². The summed E-state index contributed by atoms with van der Waals surface area (Å²) >= 11 is 0. The van der Waals surface area contributed by atoms with E-state index in [1.165, 1.54) is 11.0 Å². The number of nitrogens with zero attached hydrogens (tertiary/aromatic N) is 2. The number of anilines is 1. The second-order valence-electron chi connectivity index (χ2n) is 9.07. The minimum atomic E-state index is -4.69. The second kappa shape index (κ2) is 12.4. The van der Waals surface area contributed by atoms with Crippen molar-refractivity contribution < 1.29 is 31.2 Å². The van der Waals surface area contributed by atoms with Crippen molar-refractivity contribution in [2.24, 2.45) is 0 Å². The highest BCUT2D eigenvalue weighted by molar-refractivity contribution is 7.92. The third-order valence-corrected chi connectivity index (χ3v) is 7.14. The molecular weight excluding hydrogens is 507 g/mol. The predicted molar refractivity (Wildman–Crippen MR) is 137 cm³/mol. The Bertz CT molecular complexity index is 1180. The van der Waals surface area contributed by atoms with Gasteiger partial charge in [-0.15, -0.1) is 0 Å². The molecule has 0 unspecified atom stereocenters. The van der Waals surface area contributed by atoms with E-state index < -0.39 is 40.3 Å². The Balaban J connectivity index is 2.48. The molecule has 2 aromatic carbocycles. The van der Waals surface area contributed by atoms with Gasteiger partial charge in [-0.3, -0.25) is 13.9 Å². The molecule has 0 radical (unpaired) electrons. The lowest BCUT2D eigenvalue weighted by molar-refractivity contribution is -0.140. The van der Waals surface area contributed by atoms with Gasteiger partial charge < -0.3 is 10.2 Å². The van der Waals surface area contributed by atoms with Gasteiger partial charge in [0, 0.05) is 12.6 Å². The van der Waals surface area contributed by atoms with Crippen LogP contribution < -0.4 is 9.62 Å². The fraction of sp³-hybridized carbons (Fsp3) is 0.462. The summed E-state index contributed by atoms with van der Waals surface area (Å²) in [5.74, 6) is -1.10. The van der Waals surface area contributed by atoms with Gasteiger partial charge in [-0.25, -0.2) is 8.42 Å². The Labute approximate surface area is 216 Å². The van der Waals surface area contributed by atoms with E-state index in [1.54, 1.807) is 19.1 Å². The largest absolute Gasteiger partial charge is 0.416 e. The number of alkyl halides is 3. The second-order valence-corrected chi connectivity index (χ2v) is 11.0. The van der Waals surface area contributed by atoms with Crippen LogP contribution in [0.15, 0.2) is 48.5 Å². The molecule has 0 aliphatic carbocycles. The number of hydrogen-bond donors (Lipinski definition) is 1. The maximum Gasteiger partial charge on any atom is 0.416 e. The monoisotopic (exact) mass is 541 g/mol. The molecule has 0 spiro atoms. The fourth-order valence-electron chi connectivity index (χ4n) is 3.70. The molecule has 0 aromatic heterocycles. The Kier molecular flexibility index (Phi) is 10.1. The van der Waals surface area contributed by atoms with Crippen molar-refractivity contribution >= 4 is 27.5 Å². The maximum atomic E-state index is 13.6. The molecule has 204 valence electrons. The van der Waals surface area contributed by atoms with Crippen LogP contribution >= 0.6 is 0 Å². The van der Waals surface area contributed by atoms with E-state index in [4.69, 9.17) is 0 Å². The van der Waals surface area contributed by atoms with Crippen molar-refractivity contribution in [3.8, 4) is 0 Å². The molecule has 0 heterocycles. The highest BCUT2D eigenvalue weighted by Gasteiger charge is 2.34. The van der Waals surface area contributed by atoms with Crippen molar-refractivity contribution in [2.75, 3.05) is 17.1 Å². The molecule has 0 bridgehead atoms. The van der Waals surface area contributed by atoms with Crippen LogP contribution in [0.1, 0.15) is 50.3 Å². The zero-order chi connectivity index (χ0) is 28.0. The summed E-state index contributed by atoms with van der Waals surface area (Å²) in [6.45, 7) is 6.62. The normalized spacial score (nSPS) is 13.5. The first-order chi connectivity index (χ1) is 17.2. The molecule has 0 saturated carbocycles. The summed E-state index contributed by atoms with van der Waals surface area (Å²) in [5, 5.41) is 2.86. The predicted octanol–water partition coefficient (Wildman–Crippen LogP) is 4.50. The Morgan fingerprint density at radius 1 is 1.03 bits per heavy atom. The van der Waals surface area contributed by atoms with Crippen molar-refractivity contribution in [3.05, 3.63) is 65.2 Å². The molecule has 2 amide bonds. The van der Waals surface area contributed by atoms with Crippen LogP contribution in [-0.4, -0.2) is 50.0 Å². The van der Waals surface area contributed by atoms with E-state index in [0.29, 0.717) is 16.8 Å². The molecule has 2 aromatic rings. The number of rotatable bonds is 11. The molecular formula is C26H34F3N3O4S. The minimum absolute atomic E-state index is 0.0196. The van der Waals surface area contributed by atoms with E-state index in [9.17, 15) is 31.2 Å². The number of carbonyl (C=O) groups excluding carboxylic acids is 2. The van der Waals surface area contributed by atoms with Gasteiger partial charge in [0.15, 0.2) is 0 Å². The lowest BCUT2D eigenvalue weighted by atomic mass is 10.1. The van der Waals surface area contributed by atoms with Crippen LogP contribution in [0.4, 0.5) is 18.9 Å². The first kappa shape index (κ1) is 30.1. The molecule has 2 rings (SSSR count). The molecule has 0 fully saturated rings. The summed E-state index contributed by atoms with van der Waals surface area (Å²) in [5.41, 5.74) is 0.384. The number of benzene rings is 2. The van der Waals surface area contributed by atoms with Crippen molar-refractivity contribution in [3.63, 3.8) is 0 Å². The molecule has 0 aliphatic heterocycles. The first-order valence-electron chi connectivity index (χ1n) is 12.0. The number of carbonyl (C=O) groups is 2. The van der Waals surface area contributed by atoms with Crippen molar-refractivity contribution in [1.29, 1.82) is 0 Å². The van der Waals surface area contributed by atoms with Gasteiger partial charge >= 0.3 is 6.18 Å². The topological polar surface area (TPSA) is 86.8 Å². The number of halogens is 3. The standard InChI is InChI=1S/C26H34F3N3O4S/c1-6-19(4)30-25(34)23(7-2)31(16-20-13-11-18(3)12-14-20)24(33)17-32(37(5,35)36)22-10-8-9-21(15-22)26(27,28)29/h8-15,19,23H,6-7,16-17H2,1-5H3,(H,30,34)/t19-,23+/m0/s1. The van der Waals surface area contributed by atoms with Gasteiger partial charge in [0.1, 0.15) is 12.6 Å². The van der Waals surface area contributed by atoms with Crippen LogP contribution in [0, 0.1) is 6.92 Å². The molecule has 1 N–H and O–H groups in total. The Hall–Kier alpha value is -3.08. The quantitative estimate of drug-likeness (QED) is 0.454. The van der Waals surface area contributed by atoms with Gasteiger partial charge in [0.05, 0.1) is 17.5 Å². The van der Waals surface area contributed by atoms with E-state index in [2.05, 4.69) is 5.32 Å². The van der Waals surface area contributed by atoms with Crippen LogP contribution in [-0.2, 0) is 32.3 Å². The number of aryl methyl sites for hydroxylation is 1. The highest BCUT2D eigenvalue weighted by Crippen LogP contribution is 2.32.